The molecule has 1 aliphatic carbocycles. The lowest BCUT2D eigenvalue weighted by molar-refractivity contribution is -0.135. The molecule has 19 heavy (non-hydrogen) atoms. The number of amides is 1. The number of likely N-dealkylation sites (tertiary alicyclic amines) is 2. The first-order valence-electron chi connectivity index (χ1n) is 7.78. The van der Waals surface area contributed by atoms with Gasteiger partial charge in [-0.3, -0.25) is 9.69 Å². The lowest BCUT2D eigenvalue weighted by atomic mass is 9.84. The van der Waals surface area contributed by atoms with E-state index in [-0.39, 0.29) is 0 Å². The molecule has 0 bridgehead atoms. The van der Waals surface area contributed by atoms with E-state index >= 15 is 0 Å². The number of nitrogens with zero attached hydrogens (tertiary/aromatic N) is 2. The summed E-state index contributed by atoms with van der Waals surface area (Å²) in [5, 5.41) is 0. The molecule has 0 aromatic heterocycles. The van der Waals surface area contributed by atoms with Crippen LogP contribution in [0.4, 0.5) is 0 Å². The van der Waals surface area contributed by atoms with Crippen molar-refractivity contribution in [3.8, 4) is 0 Å². The van der Waals surface area contributed by atoms with Gasteiger partial charge in [0.25, 0.3) is 0 Å². The highest BCUT2D eigenvalue weighted by atomic mass is 16.5. The van der Waals surface area contributed by atoms with Gasteiger partial charge in [-0.05, 0) is 25.7 Å². The second kappa shape index (κ2) is 5.41. The summed E-state index contributed by atoms with van der Waals surface area (Å²) in [7, 11) is 1.76. The number of hydrogen-bond acceptors (Lipinski definition) is 3. The maximum absolute atomic E-state index is 12.5. The van der Waals surface area contributed by atoms with Crippen molar-refractivity contribution in [2.75, 3.05) is 39.9 Å². The molecule has 1 atom stereocenters. The quantitative estimate of drug-likeness (QED) is 0.773. The topological polar surface area (TPSA) is 32.8 Å². The predicted molar refractivity (Wildman–Crippen MR) is 74.0 cm³/mol. The smallest absolute Gasteiger partial charge is 0.225 e. The molecule has 1 amide bonds. The van der Waals surface area contributed by atoms with Gasteiger partial charge in [0, 0.05) is 44.7 Å². The van der Waals surface area contributed by atoms with E-state index in [1.165, 1.54) is 25.8 Å². The van der Waals surface area contributed by atoms with Crippen molar-refractivity contribution in [3.05, 3.63) is 0 Å². The van der Waals surface area contributed by atoms with Crippen molar-refractivity contribution in [1.29, 1.82) is 0 Å². The molecule has 2 heterocycles. The zero-order valence-corrected chi connectivity index (χ0v) is 12.1. The Kier molecular flexibility index (Phi) is 3.81. The van der Waals surface area contributed by atoms with Crippen LogP contribution in [0.15, 0.2) is 0 Å². The fourth-order valence-electron chi connectivity index (χ4n) is 4.07. The summed E-state index contributed by atoms with van der Waals surface area (Å²) >= 11 is 0. The molecule has 0 aromatic carbocycles. The molecular formula is C15H26N2O2. The van der Waals surface area contributed by atoms with Crippen molar-refractivity contribution in [3.63, 3.8) is 0 Å². The van der Waals surface area contributed by atoms with Gasteiger partial charge in [0.2, 0.25) is 5.91 Å². The summed E-state index contributed by atoms with van der Waals surface area (Å²) < 4.78 is 5.18. The standard InChI is InChI=1S/C15H26N2O2/c1-19-11-10-17-9-7-15(17)6-8-16(12-15)14(18)13-4-2-3-5-13/h13H,2-12H2,1H3/t15-/m0/s1. The van der Waals surface area contributed by atoms with Crippen molar-refractivity contribution in [2.24, 2.45) is 5.92 Å². The minimum absolute atomic E-state index is 0.298. The first-order chi connectivity index (χ1) is 9.25. The summed E-state index contributed by atoms with van der Waals surface area (Å²) in [4.78, 5) is 17.2. The van der Waals surface area contributed by atoms with E-state index in [0.717, 1.165) is 45.5 Å². The molecule has 0 unspecified atom stereocenters. The molecule has 0 aromatic rings. The van der Waals surface area contributed by atoms with E-state index in [1.807, 2.05) is 0 Å². The number of methoxy groups -OCH3 is 1. The largest absolute Gasteiger partial charge is 0.383 e. The maximum Gasteiger partial charge on any atom is 0.225 e. The molecule has 1 saturated carbocycles. The Balaban J connectivity index is 1.56. The third kappa shape index (κ3) is 2.40. The van der Waals surface area contributed by atoms with E-state index in [0.29, 0.717) is 17.4 Å². The van der Waals surface area contributed by atoms with Crippen LogP contribution in [0.1, 0.15) is 38.5 Å². The van der Waals surface area contributed by atoms with Crippen LogP contribution in [0.2, 0.25) is 0 Å². The van der Waals surface area contributed by atoms with Crippen molar-refractivity contribution in [1.82, 2.24) is 9.80 Å². The maximum atomic E-state index is 12.5. The number of ether oxygens (including phenoxy) is 1. The molecule has 2 aliphatic heterocycles. The summed E-state index contributed by atoms with van der Waals surface area (Å²) in [5.74, 6) is 0.774. The minimum Gasteiger partial charge on any atom is -0.383 e. The summed E-state index contributed by atoms with van der Waals surface area (Å²) in [6, 6.07) is 0. The van der Waals surface area contributed by atoms with Crippen LogP contribution in [0.25, 0.3) is 0 Å². The predicted octanol–water partition coefficient (Wildman–Crippen LogP) is 1.50. The Morgan fingerprint density at radius 3 is 2.63 bits per heavy atom. The summed E-state index contributed by atoms with van der Waals surface area (Å²) in [6.45, 7) is 4.93. The van der Waals surface area contributed by atoms with Gasteiger partial charge in [0.05, 0.1) is 6.61 Å². The fraction of sp³-hybridized carbons (Fsp3) is 0.933. The summed E-state index contributed by atoms with van der Waals surface area (Å²) in [6.07, 6.45) is 7.15. The zero-order valence-electron chi connectivity index (χ0n) is 12.1. The van der Waals surface area contributed by atoms with Crippen LogP contribution in [-0.2, 0) is 9.53 Å². The zero-order chi connectivity index (χ0) is 13.3. The summed E-state index contributed by atoms with van der Waals surface area (Å²) in [5.41, 5.74) is 0.298. The van der Waals surface area contributed by atoms with E-state index in [9.17, 15) is 4.79 Å². The number of rotatable bonds is 4. The SMILES string of the molecule is COCCN1CC[C@]12CCN(C(=O)C1CCCC1)C2. The highest BCUT2D eigenvalue weighted by Gasteiger charge is 2.50. The van der Waals surface area contributed by atoms with Crippen LogP contribution in [0, 0.1) is 5.92 Å². The lowest BCUT2D eigenvalue weighted by Gasteiger charge is -2.50. The lowest BCUT2D eigenvalue weighted by Crippen LogP contribution is -2.62. The first kappa shape index (κ1) is 13.4. The third-order valence-corrected chi connectivity index (χ3v) is 5.43. The fourth-order valence-corrected chi connectivity index (χ4v) is 4.07. The van der Waals surface area contributed by atoms with E-state index < -0.39 is 0 Å². The Bertz CT molecular complexity index is 341. The third-order valence-electron chi connectivity index (χ3n) is 5.43. The van der Waals surface area contributed by atoms with Crippen LogP contribution >= 0.6 is 0 Å². The first-order valence-corrected chi connectivity index (χ1v) is 7.78. The molecule has 0 radical (unpaired) electrons. The van der Waals surface area contributed by atoms with Crippen molar-refractivity contribution >= 4 is 5.91 Å². The molecule has 4 nitrogen and oxygen atoms in total. The molecular weight excluding hydrogens is 240 g/mol. The monoisotopic (exact) mass is 266 g/mol. The Morgan fingerprint density at radius 1 is 1.26 bits per heavy atom. The molecule has 3 rings (SSSR count). The molecule has 1 spiro atoms. The van der Waals surface area contributed by atoms with Gasteiger partial charge in [0.1, 0.15) is 0 Å². The van der Waals surface area contributed by atoms with Gasteiger partial charge < -0.3 is 9.64 Å². The molecule has 3 fully saturated rings. The van der Waals surface area contributed by atoms with Gasteiger partial charge >= 0.3 is 0 Å². The van der Waals surface area contributed by atoms with E-state index in [1.54, 1.807) is 7.11 Å². The van der Waals surface area contributed by atoms with Gasteiger partial charge in [-0.15, -0.1) is 0 Å². The molecule has 2 saturated heterocycles. The Morgan fingerprint density at radius 2 is 2.00 bits per heavy atom. The molecule has 0 N–H and O–H groups in total. The van der Waals surface area contributed by atoms with Gasteiger partial charge in [-0.25, -0.2) is 0 Å². The van der Waals surface area contributed by atoms with Crippen LogP contribution in [0.5, 0.6) is 0 Å². The minimum atomic E-state index is 0.298. The second-order valence-corrected chi connectivity index (χ2v) is 6.45. The van der Waals surface area contributed by atoms with Crippen molar-refractivity contribution in [2.45, 2.75) is 44.1 Å². The molecule has 3 aliphatic rings. The normalized spacial score (nSPS) is 32.2. The van der Waals surface area contributed by atoms with Crippen LogP contribution < -0.4 is 0 Å². The van der Waals surface area contributed by atoms with Gasteiger partial charge in [-0.1, -0.05) is 12.8 Å². The van der Waals surface area contributed by atoms with Crippen LogP contribution in [0.3, 0.4) is 0 Å². The number of carbonyl (C=O) groups is 1. The Hall–Kier alpha value is -0.610. The molecule has 4 heteroatoms. The van der Waals surface area contributed by atoms with Gasteiger partial charge in [-0.2, -0.15) is 0 Å². The molecule has 108 valence electrons. The van der Waals surface area contributed by atoms with E-state index in [2.05, 4.69) is 9.80 Å². The van der Waals surface area contributed by atoms with Crippen LogP contribution in [-0.4, -0.2) is 61.1 Å². The van der Waals surface area contributed by atoms with Gasteiger partial charge in [0.15, 0.2) is 0 Å². The second-order valence-electron chi connectivity index (χ2n) is 6.45. The van der Waals surface area contributed by atoms with E-state index in [4.69, 9.17) is 4.74 Å². The highest BCUT2D eigenvalue weighted by Crippen LogP contribution is 2.40. The average molecular weight is 266 g/mol. The number of hydrogen-bond donors (Lipinski definition) is 0. The van der Waals surface area contributed by atoms with Crippen molar-refractivity contribution < 1.29 is 9.53 Å². The highest BCUT2D eigenvalue weighted by molar-refractivity contribution is 5.79. The number of carbonyl (C=O) groups excluding carboxylic acids is 1. The Labute approximate surface area is 116 Å². The average Bonchev–Trinajstić information content (AvgIpc) is 3.08.